The minimum absolute atomic E-state index is 0.172. The average Bonchev–Trinajstić information content (AvgIpc) is 2.64. The minimum Gasteiger partial charge on any atom is -0.482 e. The Morgan fingerprint density at radius 1 is 0.720 bits per heavy atom. The highest BCUT2D eigenvalue weighted by Crippen LogP contribution is 2.23. The predicted molar refractivity (Wildman–Crippen MR) is 98.2 cm³/mol. The highest BCUT2D eigenvalue weighted by atomic mass is 79.9. The van der Waals surface area contributed by atoms with Crippen molar-refractivity contribution in [3.63, 3.8) is 0 Å². The second-order valence-electron chi connectivity index (χ2n) is 5.10. The molecule has 3 aromatic rings. The molecule has 0 radical (unpaired) electrons. The summed E-state index contributed by atoms with van der Waals surface area (Å²) in [5.74, 6) is 2.02. The smallest absolute Gasteiger partial charge is 0.349 e. The Morgan fingerprint density at radius 3 is 1.96 bits per heavy atom. The van der Waals surface area contributed by atoms with E-state index in [9.17, 15) is 4.79 Å². The number of hydrogen-bond donors (Lipinski definition) is 0. The van der Waals surface area contributed by atoms with Crippen LogP contribution in [0.3, 0.4) is 0 Å². The van der Waals surface area contributed by atoms with Crippen LogP contribution in [-0.2, 0) is 4.79 Å². The monoisotopic (exact) mass is 398 g/mol. The van der Waals surface area contributed by atoms with Crippen LogP contribution >= 0.6 is 15.9 Å². The summed E-state index contributed by atoms with van der Waals surface area (Å²) in [7, 11) is 0. The first-order valence-electron chi connectivity index (χ1n) is 7.61. The molecule has 0 N–H and O–H groups in total. The van der Waals surface area contributed by atoms with E-state index < -0.39 is 5.97 Å². The molecule has 5 heteroatoms. The van der Waals surface area contributed by atoms with Gasteiger partial charge in [0.25, 0.3) is 0 Å². The number of ether oxygens (including phenoxy) is 3. The lowest BCUT2D eigenvalue weighted by Gasteiger charge is -2.08. The van der Waals surface area contributed by atoms with E-state index in [4.69, 9.17) is 14.2 Å². The molecule has 0 saturated carbocycles. The molecule has 0 bridgehead atoms. The standard InChI is InChI=1S/C20H15BrO4/c21-15-6-8-19(9-7-15)25-20(22)14-23-16-10-12-18(13-11-16)24-17-4-2-1-3-5-17/h1-13H,14H2. The summed E-state index contributed by atoms with van der Waals surface area (Å²) in [6, 6.07) is 23.6. The van der Waals surface area contributed by atoms with Gasteiger partial charge in [0.05, 0.1) is 0 Å². The SMILES string of the molecule is O=C(COc1ccc(Oc2ccccc2)cc1)Oc1ccc(Br)cc1. The topological polar surface area (TPSA) is 44.8 Å². The fraction of sp³-hybridized carbons (Fsp3) is 0.0500. The summed E-state index contributed by atoms with van der Waals surface area (Å²) in [5.41, 5.74) is 0. The second kappa shape index (κ2) is 8.35. The predicted octanol–water partition coefficient (Wildman–Crippen LogP) is 5.23. The number of benzene rings is 3. The van der Waals surface area contributed by atoms with Gasteiger partial charge in [0.15, 0.2) is 6.61 Å². The Labute approximate surface area is 154 Å². The van der Waals surface area contributed by atoms with Crippen molar-refractivity contribution in [3.8, 4) is 23.0 Å². The van der Waals surface area contributed by atoms with E-state index >= 15 is 0 Å². The average molecular weight is 399 g/mol. The maximum Gasteiger partial charge on any atom is 0.349 e. The minimum atomic E-state index is -0.466. The summed E-state index contributed by atoms with van der Waals surface area (Å²) >= 11 is 3.32. The largest absolute Gasteiger partial charge is 0.482 e. The first-order chi connectivity index (χ1) is 12.2. The highest BCUT2D eigenvalue weighted by molar-refractivity contribution is 9.10. The van der Waals surface area contributed by atoms with Crippen molar-refractivity contribution in [1.82, 2.24) is 0 Å². The van der Waals surface area contributed by atoms with Crippen molar-refractivity contribution in [2.24, 2.45) is 0 Å². The quantitative estimate of drug-likeness (QED) is 0.421. The third-order valence-corrected chi connectivity index (χ3v) is 3.73. The first-order valence-corrected chi connectivity index (χ1v) is 8.40. The number of hydrogen-bond acceptors (Lipinski definition) is 4. The van der Waals surface area contributed by atoms with Crippen LogP contribution in [0.15, 0.2) is 83.3 Å². The molecule has 0 unspecified atom stereocenters. The molecular formula is C20H15BrO4. The van der Waals surface area contributed by atoms with Gasteiger partial charge < -0.3 is 14.2 Å². The third kappa shape index (κ3) is 5.36. The molecular weight excluding hydrogens is 384 g/mol. The van der Waals surface area contributed by atoms with E-state index in [1.807, 2.05) is 30.3 Å². The van der Waals surface area contributed by atoms with Crippen LogP contribution in [0.4, 0.5) is 0 Å². The van der Waals surface area contributed by atoms with Gasteiger partial charge in [0, 0.05) is 4.47 Å². The molecule has 0 amide bonds. The van der Waals surface area contributed by atoms with Gasteiger partial charge in [-0.1, -0.05) is 34.1 Å². The molecule has 4 nitrogen and oxygen atoms in total. The van der Waals surface area contributed by atoms with Crippen LogP contribution in [0.2, 0.25) is 0 Å². The zero-order chi connectivity index (χ0) is 17.5. The van der Waals surface area contributed by atoms with Crippen LogP contribution in [-0.4, -0.2) is 12.6 Å². The van der Waals surface area contributed by atoms with E-state index in [0.717, 1.165) is 10.2 Å². The zero-order valence-corrected chi connectivity index (χ0v) is 14.8. The highest BCUT2D eigenvalue weighted by Gasteiger charge is 2.06. The number of halogens is 1. The van der Waals surface area contributed by atoms with Gasteiger partial charge in [-0.2, -0.15) is 0 Å². The lowest BCUT2D eigenvalue weighted by atomic mass is 10.3. The summed E-state index contributed by atoms with van der Waals surface area (Å²) in [4.78, 5) is 11.8. The molecule has 25 heavy (non-hydrogen) atoms. The fourth-order valence-corrected chi connectivity index (χ4v) is 2.30. The summed E-state index contributed by atoms with van der Waals surface area (Å²) in [6.45, 7) is -0.172. The lowest BCUT2D eigenvalue weighted by molar-refractivity contribution is -0.136. The molecule has 0 atom stereocenters. The lowest BCUT2D eigenvalue weighted by Crippen LogP contribution is -2.17. The number of carbonyl (C=O) groups excluding carboxylic acids is 1. The van der Waals surface area contributed by atoms with Crippen molar-refractivity contribution in [2.45, 2.75) is 0 Å². The van der Waals surface area contributed by atoms with Crippen LogP contribution in [0, 0.1) is 0 Å². The maximum absolute atomic E-state index is 11.8. The molecule has 0 aliphatic carbocycles. The van der Waals surface area contributed by atoms with E-state index in [0.29, 0.717) is 17.2 Å². The third-order valence-electron chi connectivity index (χ3n) is 3.20. The molecule has 3 aromatic carbocycles. The number of rotatable bonds is 6. The molecule has 0 aromatic heterocycles. The Kier molecular flexibility index (Phi) is 5.69. The van der Waals surface area contributed by atoms with Gasteiger partial charge >= 0.3 is 5.97 Å². The van der Waals surface area contributed by atoms with Crippen molar-refractivity contribution in [1.29, 1.82) is 0 Å². The summed E-state index contributed by atoms with van der Waals surface area (Å²) in [5, 5.41) is 0. The Bertz CT molecular complexity index is 815. The molecule has 0 fully saturated rings. The number of carbonyl (C=O) groups is 1. The van der Waals surface area contributed by atoms with Crippen molar-refractivity contribution in [3.05, 3.63) is 83.3 Å². The van der Waals surface area contributed by atoms with Crippen LogP contribution in [0.1, 0.15) is 0 Å². The molecule has 126 valence electrons. The van der Waals surface area contributed by atoms with Crippen LogP contribution in [0.25, 0.3) is 0 Å². The maximum atomic E-state index is 11.8. The van der Waals surface area contributed by atoms with Gasteiger partial charge in [-0.25, -0.2) is 4.79 Å². The van der Waals surface area contributed by atoms with Crippen molar-refractivity contribution in [2.75, 3.05) is 6.61 Å². The van der Waals surface area contributed by atoms with E-state index in [-0.39, 0.29) is 6.61 Å². The Morgan fingerprint density at radius 2 is 1.28 bits per heavy atom. The van der Waals surface area contributed by atoms with Crippen molar-refractivity contribution < 1.29 is 19.0 Å². The van der Waals surface area contributed by atoms with Crippen LogP contribution in [0.5, 0.6) is 23.0 Å². The number of para-hydroxylation sites is 1. The van der Waals surface area contributed by atoms with Gasteiger partial charge in [-0.15, -0.1) is 0 Å². The molecule has 0 saturated heterocycles. The second-order valence-corrected chi connectivity index (χ2v) is 6.02. The zero-order valence-electron chi connectivity index (χ0n) is 13.2. The van der Waals surface area contributed by atoms with Gasteiger partial charge in [0.2, 0.25) is 0 Å². The van der Waals surface area contributed by atoms with E-state index in [1.165, 1.54) is 0 Å². The Balaban J connectivity index is 1.49. The van der Waals surface area contributed by atoms with Crippen LogP contribution < -0.4 is 14.2 Å². The van der Waals surface area contributed by atoms with Gasteiger partial charge in [-0.05, 0) is 60.7 Å². The molecule has 0 spiro atoms. The van der Waals surface area contributed by atoms with E-state index in [1.54, 1.807) is 48.5 Å². The van der Waals surface area contributed by atoms with Crippen molar-refractivity contribution >= 4 is 21.9 Å². The molecule has 0 heterocycles. The number of esters is 1. The normalized spacial score (nSPS) is 10.1. The summed E-state index contributed by atoms with van der Waals surface area (Å²) in [6.07, 6.45) is 0. The molecule has 0 aliphatic heterocycles. The Hall–Kier alpha value is -2.79. The molecule has 3 rings (SSSR count). The first kappa shape index (κ1) is 17.0. The summed E-state index contributed by atoms with van der Waals surface area (Å²) < 4.78 is 17.2. The van der Waals surface area contributed by atoms with Gasteiger partial charge in [-0.3, -0.25) is 0 Å². The fourth-order valence-electron chi connectivity index (χ4n) is 2.03. The van der Waals surface area contributed by atoms with Gasteiger partial charge in [0.1, 0.15) is 23.0 Å². The molecule has 0 aliphatic rings. The van der Waals surface area contributed by atoms with E-state index in [2.05, 4.69) is 15.9 Å².